The number of hydrogen-bond acceptors (Lipinski definition) is 5. The van der Waals surface area contributed by atoms with Crippen molar-refractivity contribution in [2.24, 2.45) is 0 Å². The first-order valence-electron chi connectivity index (χ1n) is 10.8. The van der Waals surface area contributed by atoms with Crippen molar-refractivity contribution >= 4 is 32.8 Å². The quantitative estimate of drug-likeness (QED) is 0.459. The molecule has 3 aromatic carbocycles. The van der Waals surface area contributed by atoms with E-state index in [0.29, 0.717) is 11.3 Å². The maximum atomic E-state index is 13.3. The van der Waals surface area contributed by atoms with Gasteiger partial charge in [-0.1, -0.05) is 48.5 Å². The van der Waals surface area contributed by atoms with Crippen LogP contribution in [-0.2, 0) is 10.0 Å². The molecule has 172 valence electrons. The molecule has 7 nitrogen and oxygen atoms in total. The highest BCUT2D eigenvalue weighted by molar-refractivity contribution is 7.90. The molecule has 5 rings (SSSR count). The van der Waals surface area contributed by atoms with Gasteiger partial charge >= 0.3 is 0 Å². The molecule has 1 N–H and O–H groups in total. The van der Waals surface area contributed by atoms with Gasteiger partial charge in [-0.15, -0.1) is 0 Å². The second-order valence-electron chi connectivity index (χ2n) is 8.41. The van der Waals surface area contributed by atoms with Crippen molar-refractivity contribution in [3.8, 4) is 0 Å². The van der Waals surface area contributed by atoms with Crippen LogP contribution in [0.4, 0.5) is 0 Å². The first kappa shape index (κ1) is 21.9. The standard InChI is InChI=1S/C26H22N2O5S/c1-16(2)28-26(30)20-13-12-19(15-23(20)34(28,31)32)25(29)27-24(17-8-4-3-5-9-17)22-14-18-10-6-7-11-21(18)33-22/h3-16,24H,1-2H3,(H,27,29). The molecule has 0 bridgehead atoms. The second kappa shape index (κ2) is 8.14. The summed E-state index contributed by atoms with van der Waals surface area (Å²) in [5, 5.41) is 3.87. The summed E-state index contributed by atoms with van der Waals surface area (Å²) in [6, 6.07) is 21.8. The van der Waals surface area contributed by atoms with Gasteiger partial charge < -0.3 is 9.73 Å². The van der Waals surface area contributed by atoms with Crippen LogP contribution in [0.3, 0.4) is 0 Å². The summed E-state index contributed by atoms with van der Waals surface area (Å²) >= 11 is 0. The summed E-state index contributed by atoms with van der Waals surface area (Å²) < 4.78 is 32.7. The predicted molar refractivity (Wildman–Crippen MR) is 127 cm³/mol. The first-order valence-corrected chi connectivity index (χ1v) is 12.3. The summed E-state index contributed by atoms with van der Waals surface area (Å²) in [6.45, 7) is 3.26. The summed E-state index contributed by atoms with van der Waals surface area (Å²) in [4.78, 5) is 25.7. The zero-order valence-electron chi connectivity index (χ0n) is 18.6. The van der Waals surface area contributed by atoms with Gasteiger partial charge in [0.2, 0.25) is 0 Å². The number of rotatable bonds is 5. The number of furan rings is 1. The topological polar surface area (TPSA) is 96.7 Å². The van der Waals surface area contributed by atoms with Gasteiger partial charge in [-0.3, -0.25) is 9.59 Å². The van der Waals surface area contributed by atoms with E-state index in [4.69, 9.17) is 4.42 Å². The van der Waals surface area contributed by atoms with Crippen molar-refractivity contribution in [1.82, 2.24) is 9.62 Å². The van der Waals surface area contributed by atoms with E-state index in [-0.39, 0.29) is 16.0 Å². The summed E-state index contributed by atoms with van der Waals surface area (Å²) in [7, 11) is -4.02. The number of sulfonamides is 1. The molecular weight excluding hydrogens is 452 g/mol. The van der Waals surface area contributed by atoms with Crippen molar-refractivity contribution in [2.45, 2.75) is 30.8 Å². The number of nitrogens with zero attached hydrogens (tertiary/aromatic N) is 1. The Hall–Kier alpha value is -3.91. The Morgan fingerprint density at radius 3 is 2.35 bits per heavy atom. The van der Waals surface area contributed by atoms with Gasteiger partial charge in [-0.05, 0) is 49.7 Å². The minimum atomic E-state index is -4.02. The largest absolute Gasteiger partial charge is 0.459 e. The van der Waals surface area contributed by atoms with Crippen LogP contribution < -0.4 is 5.32 Å². The van der Waals surface area contributed by atoms with E-state index in [1.54, 1.807) is 13.8 Å². The molecule has 2 amide bonds. The zero-order chi connectivity index (χ0) is 24.0. The fraction of sp³-hybridized carbons (Fsp3) is 0.154. The summed E-state index contributed by atoms with van der Waals surface area (Å²) in [5.41, 5.74) is 1.72. The number of hydrogen-bond donors (Lipinski definition) is 1. The summed E-state index contributed by atoms with van der Waals surface area (Å²) in [5.74, 6) is -0.514. The van der Waals surface area contributed by atoms with Gasteiger partial charge in [-0.25, -0.2) is 12.7 Å². The molecule has 34 heavy (non-hydrogen) atoms. The number of nitrogens with one attached hydrogen (secondary N) is 1. The SMILES string of the molecule is CC(C)N1C(=O)c2ccc(C(=O)NC(c3ccccc3)c3cc4ccccc4o3)cc2S1(=O)=O. The van der Waals surface area contributed by atoms with Crippen LogP contribution in [-0.4, -0.2) is 30.6 Å². The second-order valence-corrected chi connectivity index (χ2v) is 10.2. The smallest absolute Gasteiger partial charge is 0.269 e. The molecule has 4 aromatic rings. The Balaban J connectivity index is 1.52. The van der Waals surface area contributed by atoms with Crippen LogP contribution in [0.25, 0.3) is 11.0 Å². The van der Waals surface area contributed by atoms with E-state index in [9.17, 15) is 18.0 Å². The van der Waals surface area contributed by atoms with Crippen molar-refractivity contribution in [3.05, 3.63) is 101 Å². The fourth-order valence-electron chi connectivity index (χ4n) is 4.22. The van der Waals surface area contributed by atoms with Gasteiger partial charge in [0.05, 0.1) is 5.56 Å². The maximum Gasteiger partial charge on any atom is 0.269 e. The van der Waals surface area contributed by atoms with Crippen molar-refractivity contribution in [2.75, 3.05) is 0 Å². The van der Waals surface area contributed by atoms with Crippen LogP contribution in [0.5, 0.6) is 0 Å². The highest BCUT2D eigenvalue weighted by atomic mass is 32.2. The van der Waals surface area contributed by atoms with Crippen molar-refractivity contribution in [3.63, 3.8) is 0 Å². The molecule has 0 saturated heterocycles. The van der Waals surface area contributed by atoms with Crippen molar-refractivity contribution in [1.29, 1.82) is 0 Å². The molecule has 0 fully saturated rings. The number of carbonyl (C=O) groups excluding carboxylic acids is 2. The van der Waals surface area contributed by atoms with Crippen LogP contribution in [0.15, 0.2) is 88.2 Å². The fourth-order valence-corrected chi connectivity index (χ4v) is 6.02. The number of fused-ring (bicyclic) bond motifs is 2. The van der Waals surface area contributed by atoms with E-state index in [1.165, 1.54) is 18.2 Å². The van der Waals surface area contributed by atoms with E-state index in [1.807, 2.05) is 60.7 Å². The third kappa shape index (κ3) is 3.56. The Morgan fingerprint density at radius 1 is 0.941 bits per heavy atom. The molecule has 1 aromatic heterocycles. The molecule has 1 aliphatic rings. The molecule has 1 atom stereocenters. The lowest BCUT2D eigenvalue weighted by molar-refractivity contribution is 0.0845. The monoisotopic (exact) mass is 474 g/mol. The number of benzene rings is 3. The molecule has 0 saturated carbocycles. The Morgan fingerprint density at radius 2 is 1.65 bits per heavy atom. The van der Waals surface area contributed by atoms with Gasteiger partial charge in [0.1, 0.15) is 22.3 Å². The van der Waals surface area contributed by atoms with Crippen molar-refractivity contribution < 1.29 is 22.4 Å². The predicted octanol–water partition coefficient (Wildman–Crippen LogP) is 4.51. The Labute approximate surface area is 197 Å². The Bertz CT molecular complexity index is 1490. The van der Waals surface area contributed by atoms with Crippen LogP contribution in [0, 0.1) is 0 Å². The molecule has 1 unspecified atom stereocenters. The normalized spacial score (nSPS) is 15.5. The highest BCUT2D eigenvalue weighted by Gasteiger charge is 2.43. The molecular formula is C26H22N2O5S. The van der Waals surface area contributed by atoms with E-state index < -0.39 is 33.9 Å². The number of carbonyl (C=O) groups is 2. The van der Waals surface area contributed by atoms with E-state index in [2.05, 4.69) is 5.32 Å². The molecule has 0 aliphatic carbocycles. The molecule has 2 heterocycles. The summed E-state index contributed by atoms with van der Waals surface area (Å²) in [6.07, 6.45) is 0. The van der Waals surface area contributed by atoms with Gasteiger partial charge in [0.15, 0.2) is 0 Å². The maximum absolute atomic E-state index is 13.3. The van der Waals surface area contributed by atoms with Gasteiger partial charge in [-0.2, -0.15) is 0 Å². The van der Waals surface area contributed by atoms with Gasteiger partial charge in [0, 0.05) is 17.0 Å². The third-order valence-electron chi connectivity index (χ3n) is 5.82. The molecule has 0 spiro atoms. The lowest BCUT2D eigenvalue weighted by atomic mass is 10.0. The zero-order valence-corrected chi connectivity index (χ0v) is 19.4. The molecule has 8 heteroatoms. The lowest BCUT2D eigenvalue weighted by Gasteiger charge is -2.19. The first-order chi connectivity index (χ1) is 16.3. The van der Waals surface area contributed by atoms with Gasteiger partial charge in [0.25, 0.3) is 21.8 Å². The third-order valence-corrected chi connectivity index (χ3v) is 7.82. The molecule has 0 radical (unpaired) electrons. The average molecular weight is 475 g/mol. The molecule has 1 aliphatic heterocycles. The number of para-hydroxylation sites is 1. The minimum absolute atomic E-state index is 0.0714. The van der Waals surface area contributed by atoms with Crippen LogP contribution in [0.2, 0.25) is 0 Å². The van der Waals surface area contributed by atoms with Crippen LogP contribution in [0.1, 0.15) is 51.9 Å². The lowest BCUT2D eigenvalue weighted by Crippen LogP contribution is -2.36. The van der Waals surface area contributed by atoms with E-state index in [0.717, 1.165) is 15.3 Å². The highest BCUT2D eigenvalue weighted by Crippen LogP contribution is 2.33. The van der Waals surface area contributed by atoms with E-state index >= 15 is 0 Å². The Kier molecular flexibility index (Phi) is 5.25. The average Bonchev–Trinajstić information content (AvgIpc) is 3.34. The minimum Gasteiger partial charge on any atom is -0.459 e. The van der Waals surface area contributed by atoms with Crippen LogP contribution >= 0.6 is 0 Å². The number of amides is 2.